The number of hydrogen-bond acceptors (Lipinski definition) is 3. The average Bonchev–Trinajstić information content (AvgIpc) is 2.32. The van der Waals surface area contributed by atoms with Crippen molar-refractivity contribution >= 4 is 43.2 Å². The molecule has 0 spiro atoms. The summed E-state index contributed by atoms with van der Waals surface area (Å²) in [6, 6.07) is 7.62. The predicted molar refractivity (Wildman–Crippen MR) is 74.2 cm³/mol. The highest BCUT2D eigenvalue weighted by atomic mass is 79.9. The van der Waals surface area contributed by atoms with Crippen LogP contribution in [0.25, 0.3) is 0 Å². The number of sulfonamides is 1. The third-order valence-electron chi connectivity index (χ3n) is 2.12. The van der Waals surface area contributed by atoms with E-state index in [4.69, 9.17) is 11.6 Å². The van der Waals surface area contributed by atoms with E-state index in [2.05, 4.69) is 25.6 Å². The first-order valence-corrected chi connectivity index (χ1v) is 7.52. The van der Waals surface area contributed by atoms with Crippen LogP contribution in [0, 0.1) is 0 Å². The first-order valence-electron chi connectivity index (χ1n) is 4.87. The molecule has 0 saturated heterocycles. The zero-order valence-electron chi connectivity index (χ0n) is 8.97. The fraction of sp³-hybridized carbons (Fsp3) is 0. The van der Waals surface area contributed by atoms with Gasteiger partial charge in [-0.05, 0) is 40.2 Å². The molecular formula is C11H8BrClN2O2S. The third-order valence-corrected chi connectivity index (χ3v) is 4.35. The Labute approximate surface area is 118 Å². The van der Waals surface area contributed by atoms with Crippen molar-refractivity contribution in [1.29, 1.82) is 0 Å². The number of nitrogens with zero attached hydrogens (tertiary/aromatic N) is 1. The van der Waals surface area contributed by atoms with Gasteiger partial charge in [-0.25, -0.2) is 8.42 Å². The summed E-state index contributed by atoms with van der Waals surface area (Å²) in [5.74, 6) is 0. The lowest BCUT2D eigenvalue weighted by Crippen LogP contribution is -2.13. The molecule has 4 nitrogen and oxygen atoms in total. The minimum Gasteiger partial charge on any atom is -0.278 e. The number of rotatable bonds is 3. The van der Waals surface area contributed by atoms with Crippen LogP contribution < -0.4 is 4.72 Å². The summed E-state index contributed by atoms with van der Waals surface area (Å²) in [6.07, 6.45) is 3.01. The molecule has 1 N–H and O–H groups in total. The molecule has 7 heteroatoms. The van der Waals surface area contributed by atoms with Crippen LogP contribution in [-0.2, 0) is 10.0 Å². The molecule has 1 aromatic heterocycles. The minimum absolute atomic E-state index is 0.110. The van der Waals surface area contributed by atoms with Crippen molar-refractivity contribution in [2.24, 2.45) is 0 Å². The van der Waals surface area contributed by atoms with Crippen LogP contribution in [0.15, 0.2) is 52.1 Å². The molecule has 0 radical (unpaired) electrons. The number of anilines is 1. The van der Waals surface area contributed by atoms with Crippen molar-refractivity contribution in [2.75, 3.05) is 4.72 Å². The molecule has 2 aromatic rings. The molecule has 0 atom stereocenters. The Morgan fingerprint density at radius 1 is 1.28 bits per heavy atom. The second-order valence-electron chi connectivity index (χ2n) is 3.42. The lowest BCUT2D eigenvalue weighted by molar-refractivity contribution is 0.601. The first-order chi connectivity index (χ1) is 8.49. The van der Waals surface area contributed by atoms with Gasteiger partial charge in [-0.15, -0.1) is 0 Å². The smallest absolute Gasteiger partial charge is 0.261 e. The van der Waals surface area contributed by atoms with Crippen molar-refractivity contribution in [3.05, 3.63) is 52.2 Å². The summed E-state index contributed by atoms with van der Waals surface area (Å²) in [6.45, 7) is 0. The maximum atomic E-state index is 12.1. The van der Waals surface area contributed by atoms with E-state index < -0.39 is 10.0 Å². The lowest BCUT2D eigenvalue weighted by Gasteiger charge is -2.09. The van der Waals surface area contributed by atoms with E-state index in [0.717, 1.165) is 0 Å². The van der Waals surface area contributed by atoms with E-state index in [1.165, 1.54) is 24.5 Å². The van der Waals surface area contributed by atoms with Crippen LogP contribution in [0.2, 0.25) is 5.02 Å². The fourth-order valence-electron chi connectivity index (χ4n) is 1.30. The Morgan fingerprint density at radius 3 is 2.72 bits per heavy atom. The van der Waals surface area contributed by atoms with Crippen LogP contribution in [0.5, 0.6) is 0 Å². The molecular weight excluding hydrogens is 340 g/mol. The number of nitrogens with one attached hydrogen (secondary N) is 1. The maximum absolute atomic E-state index is 12.1. The molecule has 0 aliphatic heterocycles. The topological polar surface area (TPSA) is 59.1 Å². The number of aromatic nitrogens is 1. The van der Waals surface area contributed by atoms with Crippen molar-refractivity contribution in [2.45, 2.75) is 4.90 Å². The standard InChI is InChI=1S/C11H8BrClN2O2S/c12-10-7-14-5-4-11(10)15-18(16,17)9-3-1-2-8(13)6-9/h1-7H,(H,14,15). The predicted octanol–water partition coefficient (Wildman–Crippen LogP) is 3.30. The van der Waals surface area contributed by atoms with Crippen LogP contribution in [-0.4, -0.2) is 13.4 Å². The van der Waals surface area contributed by atoms with E-state index in [0.29, 0.717) is 15.2 Å². The minimum atomic E-state index is -3.65. The first kappa shape index (κ1) is 13.3. The molecule has 1 heterocycles. The van der Waals surface area contributed by atoms with Gasteiger partial charge < -0.3 is 0 Å². The maximum Gasteiger partial charge on any atom is 0.261 e. The largest absolute Gasteiger partial charge is 0.278 e. The van der Waals surface area contributed by atoms with Gasteiger partial charge in [0, 0.05) is 17.4 Å². The summed E-state index contributed by atoms with van der Waals surface area (Å²) in [7, 11) is -3.65. The van der Waals surface area contributed by atoms with Gasteiger partial charge in [0.15, 0.2) is 0 Å². The molecule has 94 valence electrons. The SMILES string of the molecule is O=S(=O)(Nc1ccncc1Br)c1cccc(Cl)c1. The fourth-order valence-corrected chi connectivity index (χ4v) is 3.16. The highest BCUT2D eigenvalue weighted by Gasteiger charge is 2.15. The van der Waals surface area contributed by atoms with Crippen molar-refractivity contribution in [3.8, 4) is 0 Å². The van der Waals surface area contributed by atoms with Crippen molar-refractivity contribution in [3.63, 3.8) is 0 Å². The monoisotopic (exact) mass is 346 g/mol. The molecule has 0 fully saturated rings. The Hall–Kier alpha value is -1.11. The van der Waals surface area contributed by atoms with Gasteiger partial charge in [-0.2, -0.15) is 0 Å². The highest BCUT2D eigenvalue weighted by molar-refractivity contribution is 9.10. The molecule has 1 aromatic carbocycles. The van der Waals surface area contributed by atoms with Gasteiger partial charge in [0.25, 0.3) is 10.0 Å². The number of pyridine rings is 1. The summed E-state index contributed by atoms with van der Waals surface area (Å²) in [5, 5.41) is 0.367. The van der Waals surface area contributed by atoms with Gasteiger partial charge >= 0.3 is 0 Å². The van der Waals surface area contributed by atoms with E-state index in [9.17, 15) is 8.42 Å². The molecule has 18 heavy (non-hydrogen) atoms. The molecule has 0 aliphatic rings. The number of hydrogen-bond donors (Lipinski definition) is 1. The Bertz CT molecular complexity index is 676. The third kappa shape index (κ3) is 3.01. The molecule has 0 unspecified atom stereocenters. The summed E-state index contributed by atoms with van der Waals surface area (Å²) >= 11 is 8.99. The van der Waals surface area contributed by atoms with E-state index in [-0.39, 0.29) is 4.90 Å². The van der Waals surface area contributed by atoms with Gasteiger partial charge in [0.1, 0.15) is 0 Å². The van der Waals surface area contributed by atoms with E-state index >= 15 is 0 Å². The number of halogens is 2. The molecule has 2 rings (SSSR count). The van der Waals surface area contributed by atoms with Gasteiger partial charge in [0.2, 0.25) is 0 Å². The van der Waals surface area contributed by atoms with E-state index in [1.54, 1.807) is 18.2 Å². The van der Waals surface area contributed by atoms with Gasteiger partial charge in [0.05, 0.1) is 15.1 Å². The van der Waals surface area contributed by atoms with Crippen LogP contribution >= 0.6 is 27.5 Å². The quantitative estimate of drug-likeness (QED) is 0.927. The van der Waals surface area contributed by atoms with Crippen LogP contribution in [0.3, 0.4) is 0 Å². The molecule has 0 bridgehead atoms. The van der Waals surface area contributed by atoms with Crippen molar-refractivity contribution < 1.29 is 8.42 Å². The Morgan fingerprint density at radius 2 is 2.06 bits per heavy atom. The molecule has 0 saturated carbocycles. The van der Waals surface area contributed by atoms with Crippen LogP contribution in [0.4, 0.5) is 5.69 Å². The second kappa shape index (κ2) is 5.26. The lowest BCUT2D eigenvalue weighted by atomic mass is 10.4. The zero-order valence-corrected chi connectivity index (χ0v) is 12.1. The Balaban J connectivity index is 2.37. The van der Waals surface area contributed by atoms with E-state index in [1.807, 2.05) is 0 Å². The highest BCUT2D eigenvalue weighted by Crippen LogP contribution is 2.24. The average molecular weight is 348 g/mol. The second-order valence-corrected chi connectivity index (χ2v) is 6.39. The zero-order chi connectivity index (χ0) is 13.2. The Kier molecular flexibility index (Phi) is 3.89. The normalized spacial score (nSPS) is 11.2. The van der Waals surface area contributed by atoms with Crippen LogP contribution in [0.1, 0.15) is 0 Å². The summed E-state index contributed by atoms with van der Waals surface area (Å²) in [5.41, 5.74) is 0.421. The van der Waals surface area contributed by atoms with Gasteiger partial charge in [-0.3, -0.25) is 9.71 Å². The molecule has 0 aliphatic carbocycles. The summed E-state index contributed by atoms with van der Waals surface area (Å²) in [4.78, 5) is 3.97. The van der Waals surface area contributed by atoms with Crippen molar-refractivity contribution in [1.82, 2.24) is 4.98 Å². The number of benzene rings is 1. The summed E-state index contributed by atoms with van der Waals surface area (Å²) < 4.78 is 27.2. The molecule has 0 amide bonds. The van der Waals surface area contributed by atoms with Gasteiger partial charge in [-0.1, -0.05) is 17.7 Å².